The summed E-state index contributed by atoms with van der Waals surface area (Å²) in [7, 11) is 0. The molecule has 0 aliphatic carbocycles. The van der Waals surface area contributed by atoms with Gasteiger partial charge in [0.25, 0.3) is 0 Å². The number of nitrogens with zero attached hydrogens (tertiary/aromatic N) is 1. The molecule has 0 amide bonds. The van der Waals surface area contributed by atoms with Crippen LogP contribution in [0, 0.1) is 0 Å². The van der Waals surface area contributed by atoms with Crippen LogP contribution < -0.4 is 10.5 Å². The maximum atomic E-state index is 6.47. The third-order valence-electron chi connectivity index (χ3n) is 4.95. The molecule has 4 heteroatoms. The molecular weight excluding hydrogens is 328 g/mol. The zero-order valence-electron chi connectivity index (χ0n) is 12.9. The largest absolute Gasteiger partial charge is 0.487 e. The highest BCUT2D eigenvalue weighted by Gasteiger charge is 2.41. The lowest BCUT2D eigenvalue weighted by Gasteiger charge is -2.41. The van der Waals surface area contributed by atoms with Crippen molar-refractivity contribution >= 4 is 15.9 Å². The van der Waals surface area contributed by atoms with Crippen LogP contribution in [0.25, 0.3) is 0 Å². The molecule has 1 aromatic carbocycles. The van der Waals surface area contributed by atoms with Crippen LogP contribution in [-0.4, -0.2) is 29.6 Å². The summed E-state index contributed by atoms with van der Waals surface area (Å²) in [5, 5.41) is 0. The van der Waals surface area contributed by atoms with Crippen LogP contribution in [0.5, 0.6) is 5.75 Å². The van der Waals surface area contributed by atoms with E-state index in [4.69, 9.17) is 10.5 Å². The highest BCUT2D eigenvalue weighted by molar-refractivity contribution is 9.10. The Labute approximate surface area is 136 Å². The Morgan fingerprint density at radius 3 is 2.90 bits per heavy atom. The molecule has 3 rings (SSSR count). The van der Waals surface area contributed by atoms with E-state index < -0.39 is 0 Å². The molecule has 1 aromatic rings. The molecule has 0 radical (unpaired) electrons. The van der Waals surface area contributed by atoms with Gasteiger partial charge in [0.05, 0.1) is 0 Å². The lowest BCUT2D eigenvalue weighted by molar-refractivity contribution is 0.0210. The monoisotopic (exact) mass is 352 g/mol. The summed E-state index contributed by atoms with van der Waals surface area (Å²) in [6.45, 7) is 6.83. The number of ether oxygens (including phenoxy) is 1. The molecule has 0 bridgehead atoms. The number of likely N-dealkylation sites (tertiary alicyclic amines) is 1. The van der Waals surface area contributed by atoms with Crippen molar-refractivity contribution in [3.63, 3.8) is 0 Å². The number of benzene rings is 1. The molecule has 0 aromatic heterocycles. The van der Waals surface area contributed by atoms with Crippen LogP contribution in [0.15, 0.2) is 22.7 Å². The Morgan fingerprint density at radius 1 is 1.33 bits per heavy atom. The smallest absolute Gasteiger partial charge is 0.124 e. The SMILES string of the molecule is CC(C)N1CCCC2(CC1)C[C@H](N)c1cc(Br)ccc1O2. The lowest BCUT2D eigenvalue weighted by atomic mass is 9.82. The van der Waals surface area contributed by atoms with Gasteiger partial charge in [-0.3, -0.25) is 0 Å². The first kappa shape index (κ1) is 15.3. The number of hydrogen-bond acceptors (Lipinski definition) is 3. The third-order valence-corrected chi connectivity index (χ3v) is 5.45. The van der Waals surface area contributed by atoms with E-state index in [1.807, 2.05) is 6.07 Å². The zero-order valence-corrected chi connectivity index (χ0v) is 14.5. The highest BCUT2D eigenvalue weighted by atomic mass is 79.9. The fourth-order valence-corrected chi connectivity index (χ4v) is 4.08. The Kier molecular flexibility index (Phi) is 4.30. The van der Waals surface area contributed by atoms with Gasteiger partial charge in [0.2, 0.25) is 0 Å². The minimum Gasteiger partial charge on any atom is -0.487 e. The summed E-state index contributed by atoms with van der Waals surface area (Å²) in [5.41, 5.74) is 7.53. The van der Waals surface area contributed by atoms with Gasteiger partial charge < -0.3 is 15.4 Å². The number of rotatable bonds is 1. The van der Waals surface area contributed by atoms with Gasteiger partial charge in [-0.25, -0.2) is 0 Å². The third kappa shape index (κ3) is 3.13. The average Bonchev–Trinajstić information content (AvgIpc) is 2.63. The summed E-state index contributed by atoms with van der Waals surface area (Å²) in [4.78, 5) is 2.56. The molecule has 0 saturated carbocycles. The maximum absolute atomic E-state index is 6.47. The van der Waals surface area contributed by atoms with Crippen molar-refractivity contribution in [1.82, 2.24) is 4.90 Å². The second-order valence-corrected chi connectivity index (χ2v) is 7.68. The van der Waals surface area contributed by atoms with E-state index in [9.17, 15) is 0 Å². The van der Waals surface area contributed by atoms with E-state index >= 15 is 0 Å². The quantitative estimate of drug-likeness (QED) is 0.833. The maximum Gasteiger partial charge on any atom is 0.124 e. The number of fused-ring (bicyclic) bond motifs is 1. The second-order valence-electron chi connectivity index (χ2n) is 6.76. The Morgan fingerprint density at radius 2 is 2.14 bits per heavy atom. The fourth-order valence-electron chi connectivity index (χ4n) is 3.70. The average molecular weight is 353 g/mol. The Bertz CT molecular complexity index is 520. The highest BCUT2D eigenvalue weighted by Crippen LogP contribution is 2.44. The van der Waals surface area contributed by atoms with Crippen molar-refractivity contribution in [1.29, 1.82) is 0 Å². The Balaban J connectivity index is 1.82. The molecule has 2 N–H and O–H groups in total. The molecule has 2 atom stereocenters. The van der Waals surface area contributed by atoms with E-state index in [0.29, 0.717) is 6.04 Å². The first-order valence-corrected chi connectivity index (χ1v) is 8.76. The molecule has 2 aliphatic rings. The first-order valence-electron chi connectivity index (χ1n) is 7.97. The number of nitrogens with two attached hydrogens (primary N) is 1. The van der Waals surface area contributed by atoms with Crippen molar-refractivity contribution in [3.05, 3.63) is 28.2 Å². The van der Waals surface area contributed by atoms with Gasteiger partial charge >= 0.3 is 0 Å². The minimum atomic E-state index is -0.0656. The normalized spacial score (nSPS) is 30.0. The van der Waals surface area contributed by atoms with Gasteiger partial charge in [-0.15, -0.1) is 0 Å². The van der Waals surface area contributed by atoms with Crippen LogP contribution in [0.2, 0.25) is 0 Å². The fraction of sp³-hybridized carbons (Fsp3) is 0.647. The van der Waals surface area contributed by atoms with Gasteiger partial charge in [0, 0.05) is 35.1 Å². The van der Waals surface area contributed by atoms with Crippen LogP contribution >= 0.6 is 15.9 Å². The molecule has 1 fully saturated rings. The predicted octanol–water partition coefficient (Wildman–Crippen LogP) is 3.86. The Hall–Kier alpha value is -0.580. The topological polar surface area (TPSA) is 38.5 Å². The molecular formula is C17H25BrN2O. The first-order chi connectivity index (χ1) is 9.99. The van der Waals surface area contributed by atoms with E-state index in [-0.39, 0.29) is 11.6 Å². The van der Waals surface area contributed by atoms with Crippen molar-refractivity contribution in [3.8, 4) is 5.75 Å². The van der Waals surface area contributed by atoms with Gasteiger partial charge in [0.1, 0.15) is 11.4 Å². The standard InChI is InChI=1S/C17H25BrN2O/c1-12(2)20-8-3-6-17(7-9-20)11-15(19)14-10-13(18)4-5-16(14)21-17/h4-5,10,12,15H,3,6-9,11,19H2,1-2H3/t15-,17?/m0/s1. The minimum absolute atomic E-state index is 0.0656. The van der Waals surface area contributed by atoms with Gasteiger partial charge in [-0.1, -0.05) is 15.9 Å². The molecule has 3 nitrogen and oxygen atoms in total. The van der Waals surface area contributed by atoms with Crippen molar-refractivity contribution < 1.29 is 4.74 Å². The molecule has 2 heterocycles. The van der Waals surface area contributed by atoms with E-state index in [2.05, 4.69) is 46.8 Å². The van der Waals surface area contributed by atoms with Crippen LogP contribution in [0.3, 0.4) is 0 Å². The molecule has 21 heavy (non-hydrogen) atoms. The number of hydrogen-bond donors (Lipinski definition) is 1. The summed E-state index contributed by atoms with van der Waals surface area (Å²) >= 11 is 3.52. The van der Waals surface area contributed by atoms with Crippen molar-refractivity contribution in [2.45, 2.75) is 57.2 Å². The van der Waals surface area contributed by atoms with E-state index in [1.165, 1.54) is 13.0 Å². The summed E-state index contributed by atoms with van der Waals surface area (Å²) in [5.74, 6) is 0.981. The van der Waals surface area contributed by atoms with Crippen LogP contribution in [0.4, 0.5) is 0 Å². The molecule has 1 saturated heterocycles. The number of halogens is 1. The lowest BCUT2D eigenvalue weighted by Crippen LogP contribution is -2.44. The zero-order chi connectivity index (χ0) is 15.0. The van der Waals surface area contributed by atoms with Crippen LogP contribution in [0.1, 0.15) is 51.1 Å². The second kappa shape index (κ2) is 5.90. The predicted molar refractivity (Wildman–Crippen MR) is 89.6 cm³/mol. The summed E-state index contributed by atoms with van der Waals surface area (Å²) < 4.78 is 7.54. The van der Waals surface area contributed by atoms with Crippen molar-refractivity contribution in [2.75, 3.05) is 13.1 Å². The van der Waals surface area contributed by atoms with Gasteiger partial charge in [0.15, 0.2) is 0 Å². The summed E-state index contributed by atoms with van der Waals surface area (Å²) in [6, 6.07) is 6.90. The van der Waals surface area contributed by atoms with E-state index in [0.717, 1.165) is 41.6 Å². The molecule has 2 aliphatic heterocycles. The summed E-state index contributed by atoms with van der Waals surface area (Å²) in [6.07, 6.45) is 4.31. The van der Waals surface area contributed by atoms with Gasteiger partial charge in [-0.2, -0.15) is 0 Å². The van der Waals surface area contributed by atoms with Gasteiger partial charge in [-0.05, 0) is 57.9 Å². The molecule has 1 spiro atoms. The van der Waals surface area contributed by atoms with Crippen LogP contribution in [-0.2, 0) is 0 Å². The van der Waals surface area contributed by atoms with E-state index in [1.54, 1.807) is 0 Å². The molecule has 1 unspecified atom stereocenters. The van der Waals surface area contributed by atoms with Crippen molar-refractivity contribution in [2.24, 2.45) is 5.73 Å². The molecule has 116 valence electrons.